The molecular formula is C25H37N5O. The molecule has 1 aliphatic rings. The predicted molar refractivity (Wildman–Crippen MR) is 125 cm³/mol. The first-order chi connectivity index (χ1) is 14.9. The molecule has 31 heavy (non-hydrogen) atoms. The van der Waals surface area contributed by atoms with E-state index in [4.69, 9.17) is 0 Å². The van der Waals surface area contributed by atoms with Crippen molar-refractivity contribution in [1.82, 2.24) is 25.0 Å². The molecule has 1 unspecified atom stereocenters. The maximum Gasteiger partial charge on any atom is 0.251 e. The van der Waals surface area contributed by atoms with E-state index >= 15 is 0 Å². The van der Waals surface area contributed by atoms with Crippen LogP contribution in [0, 0.1) is 12.8 Å². The standard InChI is InChI=1S/C25H37N5O/c1-19(2)6-5-7-21(4)18-29-15-13-24-28-27-23(30(24)17-16-29)12-14-26-25(31)22-10-8-20(3)9-11-22/h6,8-11,21H,5,7,12-18H2,1-4H3,(H,26,31). The first-order valence-corrected chi connectivity index (χ1v) is 11.5. The summed E-state index contributed by atoms with van der Waals surface area (Å²) in [6.45, 7) is 13.4. The summed E-state index contributed by atoms with van der Waals surface area (Å²) in [5, 5.41) is 11.8. The Morgan fingerprint density at radius 3 is 2.68 bits per heavy atom. The van der Waals surface area contributed by atoms with Gasteiger partial charge in [-0.05, 0) is 51.7 Å². The maximum absolute atomic E-state index is 12.3. The third-order valence-electron chi connectivity index (χ3n) is 5.93. The summed E-state index contributed by atoms with van der Waals surface area (Å²) in [5.41, 5.74) is 3.25. The minimum atomic E-state index is -0.0381. The second-order valence-corrected chi connectivity index (χ2v) is 9.07. The van der Waals surface area contributed by atoms with Gasteiger partial charge in [0.15, 0.2) is 0 Å². The van der Waals surface area contributed by atoms with Crippen LogP contribution in [0.1, 0.15) is 61.2 Å². The van der Waals surface area contributed by atoms with Crippen molar-refractivity contribution in [3.05, 3.63) is 58.7 Å². The van der Waals surface area contributed by atoms with Gasteiger partial charge in [0.05, 0.1) is 0 Å². The highest BCUT2D eigenvalue weighted by molar-refractivity contribution is 5.94. The lowest BCUT2D eigenvalue weighted by molar-refractivity contribution is 0.0954. The fourth-order valence-corrected chi connectivity index (χ4v) is 4.08. The summed E-state index contributed by atoms with van der Waals surface area (Å²) in [7, 11) is 0. The van der Waals surface area contributed by atoms with Gasteiger partial charge in [0.2, 0.25) is 0 Å². The van der Waals surface area contributed by atoms with E-state index in [1.54, 1.807) is 0 Å². The fourth-order valence-electron chi connectivity index (χ4n) is 4.08. The first kappa shape index (κ1) is 23.2. The molecule has 0 spiro atoms. The molecule has 2 heterocycles. The molecule has 1 aromatic carbocycles. The van der Waals surface area contributed by atoms with Crippen LogP contribution in [0.2, 0.25) is 0 Å². The van der Waals surface area contributed by atoms with E-state index in [2.05, 4.69) is 51.8 Å². The number of nitrogens with zero attached hydrogens (tertiary/aromatic N) is 4. The Labute approximate surface area is 186 Å². The third kappa shape index (κ3) is 7.03. The zero-order valence-electron chi connectivity index (χ0n) is 19.5. The summed E-state index contributed by atoms with van der Waals surface area (Å²) in [6.07, 6.45) is 6.37. The Kier molecular flexibility index (Phi) is 8.41. The molecule has 0 saturated carbocycles. The molecule has 0 aliphatic carbocycles. The van der Waals surface area contributed by atoms with E-state index < -0.39 is 0 Å². The van der Waals surface area contributed by atoms with Crippen LogP contribution in [0.15, 0.2) is 35.9 Å². The summed E-state index contributed by atoms with van der Waals surface area (Å²) in [4.78, 5) is 14.9. The van der Waals surface area contributed by atoms with Crippen LogP contribution in [0.3, 0.4) is 0 Å². The number of aryl methyl sites for hydroxylation is 1. The highest BCUT2D eigenvalue weighted by Gasteiger charge is 2.19. The second-order valence-electron chi connectivity index (χ2n) is 9.07. The van der Waals surface area contributed by atoms with Crippen LogP contribution in [0.25, 0.3) is 0 Å². The Balaban J connectivity index is 1.46. The van der Waals surface area contributed by atoms with Crippen LogP contribution in [-0.2, 0) is 19.4 Å². The van der Waals surface area contributed by atoms with Crippen molar-refractivity contribution >= 4 is 5.91 Å². The lowest BCUT2D eigenvalue weighted by atomic mass is 10.0. The van der Waals surface area contributed by atoms with E-state index in [-0.39, 0.29) is 5.91 Å². The van der Waals surface area contributed by atoms with Crippen molar-refractivity contribution in [1.29, 1.82) is 0 Å². The van der Waals surface area contributed by atoms with E-state index in [9.17, 15) is 4.79 Å². The van der Waals surface area contributed by atoms with Gasteiger partial charge in [-0.2, -0.15) is 0 Å². The van der Waals surface area contributed by atoms with Gasteiger partial charge >= 0.3 is 0 Å². The number of nitrogens with one attached hydrogen (secondary N) is 1. The second kappa shape index (κ2) is 11.2. The molecule has 168 valence electrons. The minimum absolute atomic E-state index is 0.0381. The highest BCUT2D eigenvalue weighted by atomic mass is 16.1. The first-order valence-electron chi connectivity index (χ1n) is 11.5. The molecular weight excluding hydrogens is 386 g/mol. The number of carbonyl (C=O) groups is 1. The number of rotatable bonds is 9. The van der Waals surface area contributed by atoms with Crippen LogP contribution >= 0.6 is 0 Å². The van der Waals surface area contributed by atoms with Gasteiger partial charge < -0.3 is 14.8 Å². The molecule has 1 N–H and O–H groups in total. The number of allylic oxidation sites excluding steroid dienone is 2. The van der Waals surface area contributed by atoms with E-state index in [0.29, 0.717) is 24.4 Å². The SMILES string of the molecule is CC(C)=CCCC(C)CN1CCc2nnc(CCNC(=O)c3ccc(C)cc3)n2CC1. The molecule has 0 radical (unpaired) electrons. The van der Waals surface area contributed by atoms with E-state index in [1.807, 2.05) is 31.2 Å². The number of hydrogen-bond acceptors (Lipinski definition) is 4. The molecule has 6 nitrogen and oxygen atoms in total. The van der Waals surface area contributed by atoms with E-state index in [1.165, 1.54) is 18.4 Å². The van der Waals surface area contributed by atoms with Crippen molar-refractivity contribution < 1.29 is 4.79 Å². The van der Waals surface area contributed by atoms with Crippen LogP contribution in [0.5, 0.6) is 0 Å². The average molecular weight is 424 g/mol. The van der Waals surface area contributed by atoms with Gasteiger partial charge in [-0.1, -0.05) is 36.3 Å². The Morgan fingerprint density at radius 1 is 1.16 bits per heavy atom. The predicted octanol–water partition coefficient (Wildman–Crippen LogP) is 3.80. The average Bonchev–Trinajstić information content (AvgIpc) is 3.00. The highest BCUT2D eigenvalue weighted by Crippen LogP contribution is 2.14. The minimum Gasteiger partial charge on any atom is -0.352 e. The quantitative estimate of drug-likeness (QED) is 0.623. The van der Waals surface area contributed by atoms with Crippen molar-refractivity contribution in [2.75, 3.05) is 26.2 Å². The van der Waals surface area contributed by atoms with Crippen LogP contribution in [0.4, 0.5) is 0 Å². The number of fused-ring (bicyclic) bond motifs is 1. The lowest BCUT2D eigenvalue weighted by Gasteiger charge is -2.23. The van der Waals surface area contributed by atoms with Gasteiger partial charge in [0.1, 0.15) is 11.6 Å². The number of benzene rings is 1. The summed E-state index contributed by atoms with van der Waals surface area (Å²) in [6, 6.07) is 7.65. The van der Waals surface area contributed by atoms with Gasteiger partial charge in [-0.15, -0.1) is 10.2 Å². The monoisotopic (exact) mass is 423 g/mol. The van der Waals surface area contributed by atoms with Gasteiger partial charge in [-0.25, -0.2) is 0 Å². The summed E-state index contributed by atoms with van der Waals surface area (Å²) in [5.74, 6) is 2.69. The molecule has 1 atom stereocenters. The number of hydrogen-bond donors (Lipinski definition) is 1. The van der Waals surface area contributed by atoms with Crippen molar-refractivity contribution in [3.8, 4) is 0 Å². The van der Waals surface area contributed by atoms with Crippen molar-refractivity contribution in [3.63, 3.8) is 0 Å². The topological polar surface area (TPSA) is 63.1 Å². The largest absolute Gasteiger partial charge is 0.352 e. The molecule has 0 saturated heterocycles. The Morgan fingerprint density at radius 2 is 1.94 bits per heavy atom. The van der Waals surface area contributed by atoms with Crippen molar-refractivity contribution in [2.24, 2.45) is 5.92 Å². The lowest BCUT2D eigenvalue weighted by Crippen LogP contribution is -2.31. The van der Waals surface area contributed by atoms with Gasteiger partial charge in [-0.3, -0.25) is 4.79 Å². The molecule has 0 fully saturated rings. The number of amides is 1. The molecule has 1 aliphatic heterocycles. The smallest absolute Gasteiger partial charge is 0.251 e. The molecule has 1 amide bonds. The zero-order chi connectivity index (χ0) is 22.2. The molecule has 3 rings (SSSR count). The number of aromatic nitrogens is 3. The molecule has 6 heteroatoms. The molecule has 1 aromatic heterocycles. The Bertz CT molecular complexity index is 880. The van der Waals surface area contributed by atoms with Gasteiger partial charge in [0, 0.05) is 51.1 Å². The van der Waals surface area contributed by atoms with Gasteiger partial charge in [0.25, 0.3) is 5.91 Å². The van der Waals surface area contributed by atoms with E-state index in [0.717, 1.165) is 49.8 Å². The summed E-state index contributed by atoms with van der Waals surface area (Å²) < 4.78 is 2.26. The van der Waals surface area contributed by atoms with Crippen molar-refractivity contribution in [2.45, 2.75) is 59.9 Å². The third-order valence-corrected chi connectivity index (χ3v) is 5.93. The zero-order valence-corrected chi connectivity index (χ0v) is 19.5. The normalized spacial score (nSPS) is 15.1. The summed E-state index contributed by atoms with van der Waals surface area (Å²) >= 11 is 0. The maximum atomic E-state index is 12.3. The Hall–Kier alpha value is -2.47. The molecule has 2 aromatic rings. The fraction of sp³-hybridized carbons (Fsp3) is 0.560. The number of carbonyl (C=O) groups excluding carboxylic acids is 1. The van der Waals surface area contributed by atoms with Crippen LogP contribution in [-0.4, -0.2) is 51.8 Å². The van der Waals surface area contributed by atoms with Crippen LogP contribution < -0.4 is 5.32 Å². The molecule has 0 bridgehead atoms.